The van der Waals surface area contributed by atoms with Gasteiger partial charge in [0.05, 0.1) is 5.69 Å². The summed E-state index contributed by atoms with van der Waals surface area (Å²) in [6, 6.07) is 5.52. The molecule has 0 fully saturated rings. The second-order valence-corrected chi connectivity index (χ2v) is 4.06. The maximum atomic E-state index is 11.8. The molecule has 0 saturated carbocycles. The van der Waals surface area contributed by atoms with Crippen LogP contribution in [0.2, 0.25) is 0 Å². The van der Waals surface area contributed by atoms with Crippen molar-refractivity contribution >= 4 is 29.5 Å². The highest BCUT2D eigenvalue weighted by Gasteiger charge is 2.23. The molecule has 0 heterocycles. The number of carbonyl (C=O) groups is 3. The van der Waals surface area contributed by atoms with E-state index in [4.69, 9.17) is 10.2 Å². The van der Waals surface area contributed by atoms with Gasteiger partial charge in [0.2, 0.25) is 0 Å². The van der Waals surface area contributed by atoms with Gasteiger partial charge < -0.3 is 10.2 Å². The minimum Gasteiger partial charge on any atom is -0.465 e. The van der Waals surface area contributed by atoms with E-state index in [0.717, 1.165) is 4.90 Å². The maximum absolute atomic E-state index is 11.8. The summed E-state index contributed by atoms with van der Waals surface area (Å²) in [5, 5.41) is 17.9. The molecule has 0 radical (unpaired) electrons. The quantitative estimate of drug-likeness (QED) is 0.827. The average Bonchev–Trinajstić information content (AvgIpc) is 2.38. The molecule has 3 amide bonds. The molecule has 0 unspecified atom stereocenters. The summed E-state index contributed by atoms with van der Waals surface area (Å²) in [6.07, 6.45) is -2.58. The first kappa shape index (κ1) is 15.2. The number of benzene rings is 1. The highest BCUT2D eigenvalue weighted by Crippen LogP contribution is 2.21. The van der Waals surface area contributed by atoms with E-state index in [-0.39, 0.29) is 11.3 Å². The second-order valence-electron chi connectivity index (χ2n) is 4.06. The van der Waals surface area contributed by atoms with Gasteiger partial charge in [-0.1, -0.05) is 6.58 Å². The predicted molar refractivity (Wildman–Crippen MR) is 73.2 cm³/mol. The molecule has 0 bridgehead atoms. The lowest BCUT2D eigenvalue weighted by Gasteiger charge is -2.19. The number of anilines is 2. The molecule has 0 aromatic heterocycles. The number of rotatable bonds is 3. The summed E-state index contributed by atoms with van der Waals surface area (Å²) in [6.45, 7) is 4.82. The minimum atomic E-state index is -1.43. The van der Waals surface area contributed by atoms with Crippen LogP contribution in [-0.2, 0) is 4.79 Å². The zero-order valence-electron chi connectivity index (χ0n) is 11.0. The van der Waals surface area contributed by atoms with Gasteiger partial charge in [-0.25, -0.2) is 14.5 Å². The number of amides is 3. The fraction of sp³-hybridized carbons (Fsp3) is 0.154. The molecule has 1 aromatic carbocycles. The van der Waals surface area contributed by atoms with Gasteiger partial charge in [-0.3, -0.25) is 9.69 Å². The van der Waals surface area contributed by atoms with Crippen LogP contribution in [0.3, 0.4) is 0 Å². The van der Waals surface area contributed by atoms with Gasteiger partial charge in [0, 0.05) is 18.3 Å². The first-order chi connectivity index (χ1) is 9.25. The molecule has 7 heteroatoms. The Hall–Kier alpha value is -2.83. The maximum Gasteiger partial charge on any atom is 0.419 e. The number of imide groups is 1. The predicted octanol–water partition coefficient (Wildman–Crippen LogP) is 2.39. The van der Waals surface area contributed by atoms with Crippen LogP contribution in [0.15, 0.2) is 36.4 Å². The highest BCUT2D eigenvalue weighted by atomic mass is 16.4. The Morgan fingerprint density at radius 1 is 1.00 bits per heavy atom. The van der Waals surface area contributed by atoms with Crippen LogP contribution in [0.4, 0.5) is 21.0 Å². The fourth-order valence-electron chi connectivity index (χ4n) is 1.44. The van der Waals surface area contributed by atoms with Crippen LogP contribution in [0.1, 0.15) is 6.92 Å². The molecule has 2 N–H and O–H groups in total. The number of carbonyl (C=O) groups excluding carboxylic acids is 1. The SMILES string of the molecule is C=C(C)C(=O)N(C(=O)O)c1ccc(N(C)C(=O)O)cc1. The van der Waals surface area contributed by atoms with E-state index in [1.807, 2.05) is 0 Å². The summed E-state index contributed by atoms with van der Waals surface area (Å²) in [7, 11) is 1.35. The number of nitrogens with zero attached hydrogens (tertiary/aromatic N) is 2. The highest BCUT2D eigenvalue weighted by molar-refractivity contribution is 6.18. The lowest BCUT2D eigenvalue weighted by atomic mass is 10.2. The summed E-state index contributed by atoms with van der Waals surface area (Å²) in [4.78, 5) is 35.2. The Kier molecular flexibility index (Phi) is 4.47. The molecular weight excluding hydrogens is 264 g/mol. The zero-order valence-corrected chi connectivity index (χ0v) is 11.0. The number of hydrogen-bond donors (Lipinski definition) is 2. The van der Waals surface area contributed by atoms with E-state index in [0.29, 0.717) is 10.6 Å². The molecule has 0 aliphatic heterocycles. The fourth-order valence-corrected chi connectivity index (χ4v) is 1.44. The van der Waals surface area contributed by atoms with Crippen molar-refractivity contribution in [3.63, 3.8) is 0 Å². The van der Waals surface area contributed by atoms with E-state index in [9.17, 15) is 14.4 Å². The Morgan fingerprint density at radius 3 is 1.80 bits per heavy atom. The third-order valence-electron chi connectivity index (χ3n) is 2.54. The van der Waals surface area contributed by atoms with Crippen LogP contribution < -0.4 is 9.80 Å². The average molecular weight is 278 g/mol. The van der Waals surface area contributed by atoms with E-state index >= 15 is 0 Å². The lowest BCUT2D eigenvalue weighted by Crippen LogP contribution is -2.36. The summed E-state index contributed by atoms with van der Waals surface area (Å²) >= 11 is 0. The van der Waals surface area contributed by atoms with Crippen LogP contribution in [-0.4, -0.2) is 35.4 Å². The molecular formula is C13H14N2O5. The normalized spacial score (nSPS) is 9.70. The number of carboxylic acid groups (broad SMARTS) is 2. The Bertz CT molecular complexity index is 565. The van der Waals surface area contributed by atoms with Gasteiger partial charge in [0.25, 0.3) is 5.91 Å². The molecule has 1 aromatic rings. The van der Waals surface area contributed by atoms with Crippen LogP contribution in [0.25, 0.3) is 0 Å². The van der Waals surface area contributed by atoms with Gasteiger partial charge in [0.15, 0.2) is 0 Å². The Labute approximate surface area is 115 Å². The molecule has 0 saturated heterocycles. The van der Waals surface area contributed by atoms with Gasteiger partial charge in [-0.05, 0) is 31.2 Å². The van der Waals surface area contributed by atoms with Gasteiger partial charge in [0.1, 0.15) is 0 Å². The van der Waals surface area contributed by atoms with Crippen LogP contribution in [0, 0.1) is 0 Å². The molecule has 7 nitrogen and oxygen atoms in total. The monoisotopic (exact) mass is 278 g/mol. The van der Waals surface area contributed by atoms with Crippen molar-refractivity contribution < 1.29 is 24.6 Å². The van der Waals surface area contributed by atoms with Crippen molar-refractivity contribution in [2.24, 2.45) is 0 Å². The van der Waals surface area contributed by atoms with Crippen molar-refractivity contribution in [2.75, 3.05) is 16.8 Å². The smallest absolute Gasteiger partial charge is 0.419 e. The van der Waals surface area contributed by atoms with E-state index < -0.39 is 18.1 Å². The van der Waals surface area contributed by atoms with Gasteiger partial charge in [-0.2, -0.15) is 0 Å². The minimum absolute atomic E-state index is 0.0825. The number of hydrogen-bond acceptors (Lipinski definition) is 3. The molecule has 0 spiro atoms. The molecule has 0 aliphatic carbocycles. The molecule has 1 rings (SSSR count). The molecule has 0 aliphatic rings. The Balaban J connectivity index is 3.12. The van der Waals surface area contributed by atoms with E-state index in [2.05, 4.69) is 6.58 Å². The van der Waals surface area contributed by atoms with Gasteiger partial charge >= 0.3 is 12.2 Å². The van der Waals surface area contributed by atoms with Crippen molar-refractivity contribution in [3.05, 3.63) is 36.4 Å². The first-order valence-corrected chi connectivity index (χ1v) is 5.55. The summed E-state index contributed by atoms with van der Waals surface area (Å²) in [5.41, 5.74) is 0.557. The third kappa shape index (κ3) is 3.14. The Morgan fingerprint density at radius 2 is 1.45 bits per heavy atom. The van der Waals surface area contributed by atoms with E-state index in [1.54, 1.807) is 0 Å². The summed E-state index contributed by atoms with van der Waals surface area (Å²) < 4.78 is 0. The van der Waals surface area contributed by atoms with Crippen LogP contribution >= 0.6 is 0 Å². The summed E-state index contributed by atoms with van der Waals surface area (Å²) in [5.74, 6) is -0.739. The van der Waals surface area contributed by atoms with Gasteiger partial charge in [-0.15, -0.1) is 0 Å². The molecule has 20 heavy (non-hydrogen) atoms. The first-order valence-electron chi connectivity index (χ1n) is 5.55. The third-order valence-corrected chi connectivity index (χ3v) is 2.54. The standard InChI is InChI=1S/C13H14N2O5/c1-8(2)11(16)15(13(19)20)10-6-4-9(5-7-10)14(3)12(17)18/h4-7H,1H2,2-3H3,(H,17,18)(H,19,20). The van der Waals surface area contributed by atoms with E-state index in [1.165, 1.54) is 38.2 Å². The topological polar surface area (TPSA) is 98.2 Å². The molecule has 0 atom stereocenters. The largest absolute Gasteiger partial charge is 0.465 e. The van der Waals surface area contributed by atoms with Crippen molar-refractivity contribution in [2.45, 2.75) is 6.92 Å². The van der Waals surface area contributed by atoms with Crippen molar-refractivity contribution in [3.8, 4) is 0 Å². The molecule has 106 valence electrons. The lowest BCUT2D eigenvalue weighted by molar-refractivity contribution is -0.114. The van der Waals surface area contributed by atoms with Crippen molar-refractivity contribution in [1.82, 2.24) is 0 Å². The zero-order chi connectivity index (χ0) is 15.4. The van der Waals surface area contributed by atoms with Crippen molar-refractivity contribution in [1.29, 1.82) is 0 Å². The second kappa shape index (κ2) is 5.87. The van der Waals surface area contributed by atoms with Crippen LogP contribution in [0.5, 0.6) is 0 Å².